The van der Waals surface area contributed by atoms with Gasteiger partial charge >= 0.3 is 0 Å². The summed E-state index contributed by atoms with van der Waals surface area (Å²) in [6, 6.07) is 3.73. The number of carbonyl (C=O) groups excluding carboxylic acids is 1. The van der Waals surface area contributed by atoms with Crippen molar-refractivity contribution in [2.24, 2.45) is 0 Å². The van der Waals surface area contributed by atoms with Gasteiger partial charge in [0, 0.05) is 6.54 Å². The Balaban J connectivity index is 2.14. The summed E-state index contributed by atoms with van der Waals surface area (Å²) in [7, 11) is 0. The zero-order chi connectivity index (χ0) is 15.2. The molecule has 0 unspecified atom stereocenters. The number of rotatable bonds is 5. The molecule has 0 fully saturated rings. The van der Waals surface area contributed by atoms with Gasteiger partial charge in [0.2, 0.25) is 0 Å². The van der Waals surface area contributed by atoms with Gasteiger partial charge < -0.3 is 10.6 Å². The van der Waals surface area contributed by atoms with Gasteiger partial charge in [0.25, 0.3) is 5.91 Å². The third kappa shape index (κ3) is 4.13. The molecule has 0 saturated heterocycles. The lowest BCUT2D eigenvalue weighted by Gasteiger charge is -2.08. The quantitative estimate of drug-likeness (QED) is 0.889. The normalized spacial score (nSPS) is 10.2. The number of nitrogens with one attached hydrogen (secondary N) is 2. The van der Waals surface area contributed by atoms with Gasteiger partial charge in [-0.3, -0.25) is 9.78 Å². The van der Waals surface area contributed by atoms with E-state index in [1.165, 1.54) is 24.5 Å². The van der Waals surface area contributed by atoms with Crippen LogP contribution in [0.15, 0.2) is 30.6 Å². The van der Waals surface area contributed by atoms with Gasteiger partial charge in [0.1, 0.15) is 17.3 Å². The maximum Gasteiger partial charge on any atom is 0.275 e. The van der Waals surface area contributed by atoms with Crippen molar-refractivity contribution in [3.8, 4) is 0 Å². The lowest BCUT2D eigenvalue weighted by Crippen LogP contribution is -2.15. The maximum absolute atomic E-state index is 13.2. The Kier molecular flexibility index (Phi) is 5.05. The van der Waals surface area contributed by atoms with E-state index in [1.54, 1.807) is 0 Å². The Morgan fingerprint density at radius 3 is 2.95 bits per heavy atom. The van der Waals surface area contributed by atoms with Crippen molar-refractivity contribution >= 4 is 29.0 Å². The van der Waals surface area contributed by atoms with E-state index in [1.807, 2.05) is 6.92 Å². The van der Waals surface area contributed by atoms with Crippen LogP contribution in [0.25, 0.3) is 0 Å². The minimum Gasteiger partial charge on any atom is -0.369 e. The zero-order valence-corrected chi connectivity index (χ0v) is 12.1. The number of anilines is 2. The Morgan fingerprint density at radius 1 is 1.38 bits per heavy atom. The molecule has 0 aliphatic carbocycles. The molecule has 7 heteroatoms. The predicted octanol–water partition coefficient (Wildman–Crippen LogP) is 3.34. The van der Waals surface area contributed by atoms with E-state index in [2.05, 4.69) is 20.6 Å². The van der Waals surface area contributed by atoms with Crippen LogP contribution in [0.4, 0.5) is 15.9 Å². The standard InChI is InChI=1S/C14H14ClFN4O/c1-2-5-18-13-8-17-7-12(19-13)14(21)20-11-6-9(16)3-4-10(11)15/h3-4,6-8H,2,5H2,1H3,(H,18,19)(H,20,21). The molecule has 0 atom stereocenters. The zero-order valence-electron chi connectivity index (χ0n) is 11.4. The Labute approximate surface area is 126 Å². The fourth-order valence-electron chi connectivity index (χ4n) is 1.59. The van der Waals surface area contributed by atoms with E-state index >= 15 is 0 Å². The average Bonchev–Trinajstić information content (AvgIpc) is 2.49. The molecule has 2 aromatic rings. The summed E-state index contributed by atoms with van der Waals surface area (Å²) in [5, 5.41) is 5.79. The van der Waals surface area contributed by atoms with Crippen molar-refractivity contribution in [2.75, 3.05) is 17.2 Å². The summed E-state index contributed by atoms with van der Waals surface area (Å²) in [5.41, 5.74) is 0.312. The summed E-state index contributed by atoms with van der Waals surface area (Å²) < 4.78 is 13.2. The van der Waals surface area contributed by atoms with E-state index in [0.29, 0.717) is 5.82 Å². The number of benzene rings is 1. The van der Waals surface area contributed by atoms with E-state index in [-0.39, 0.29) is 16.4 Å². The van der Waals surface area contributed by atoms with Crippen LogP contribution in [0.1, 0.15) is 23.8 Å². The van der Waals surface area contributed by atoms with Crippen LogP contribution < -0.4 is 10.6 Å². The van der Waals surface area contributed by atoms with Crippen LogP contribution in [0.2, 0.25) is 5.02 Å². The fraction of sp³-hybridized carbons (Fsp3) is 0.214. The number of aromatic nitrogens is 2. The molecule has 0 bridgehead atoms. The van der Waals surface area contributed by atoms with Gasteiger partial charge in [0.05, 0.1) is 23.1 Å². The summed E-state index contributed by atoms with van der Waals surface area (Å²) in [5.74, 6) is -0.482. The first kappa shape index (κ1) is 15.2. The van der Waals surface area contributed by atoms with Gasteiger partial charge in [-0.05, 0) is 24.6 Å². The van der Waals surface area contributed by atoms with Gasteiger partial charge in [0.15, 0.2) is 0 Å². The number of halogens is 2. The highest BCUT2D eigenvalue weighted by Gasteiger charge is 2.11. The largest absolute Gasteiger partial charge is 0.369 e. The predicted molar refractivity (Wildman–Crippen MR) is 80.2 cm³/mol. The topological polar surface area (TPSA) is 66.9 Å². The van der Waals surface area contributed by atoms with Crippen molar-refractivity contribution in [2.45, 2.75) is 13.3 Å². The van der Waals surface area contributed by atoms with Crippen LogP contribution in [-0.4, -0.2) is 22.4 Å². The highest BCUT2D eigenvalue weighted by molar-refractivity contribution is 6.33. The second kappa shape index (κ2) is 6.99. The Hall–Kier alpha value is -2.21. The average molecular weight is 309 g/mol. The van der Waals surface area contributed by atoms with Crippen LogP contribution in [0, 0.1) is 5.82 Å². The van der Waals surface area contributed by atoms with Crippen molar-refractivity contribution in [3.05, 3.63) is 47.1 Å². The molecular weight excluding hydrogens is 295 g/mol. The van der Waals surface area contributed by atoms with Gasteiger partial charge in [-0.15, -0.1) is 0 Å². The Morgan fingerprint density at radius 2 is 2.19 bits per heavy atom. The molecule has 1 amide bonds. The maximum atomic E-state index is 13.2. The second-order valence-corrected chi connectivity index (χ2v) is 4.70. The third-order valence-electron chi connectivity index (χ3n) is 2.60. The molecule has 0 radical (unpaired) electrons. The third-order valence-corrected chi connectivity index (χ3v) is 2.93. The molecule has 0 aliphatic heterocycles. The molecule has 1 aromatic heterocycles. The van der Waals surface area contributed by atoms with Crippen LogP contribution in [0.3, 0.4) is 0 Å². The molecule has 1 aromatic carbocycles. The molecule has 0 spiro atoms. The minimum absolute atomic E-state index is 0.122. The molecular formula is C14H14ClFN4O. The molecule has 1 heterocycles. The summed E-state index contributed by atoms with van der Waals surface area (Å²) in [6.45, 7) is 2.75. The summed E-state index contributed by atoms with van der Waals surface area (Å²) in [4.78, 5) is 20.2. The van der Waals surface area contributed by atoms with Crippen LogP contribution in [0.5, 0.6) is 0 Å². The minimum atomic E-state index is -0.504. The molecule has 110 valence electrons. The number of amides is 1. The van der Waals surface area contributed by atoms with Crippen LogP contribution in [-0.2, 0) is 0 Å². The first-order valence-electron chi connectivity index (χ1n) is 6.42. The Bertz CT molecular complexity index is 651. The highest BCUT2D eigenvalue weighted by atomic mass is 35.5. The molecule has 0 saturated carbocycles. The molecule has 5 nitrogen and oxygen atoms in total. The number of hydrogen-bond acceptors (Lipinski definition) is 4. The van der Waals surface area contributed by atoms with Gasteiger partial charge in [-0.25, -0.2) is 9.37 Å². The summed E-state index contributed by atoms with van der Waals surface area (Å²) >= 11 is 5.90. The molecule has 0 aliphatic rings. The summed E-state index contributed by atoms with van der Waals surface area (Å²) in [6.07, 6.45) is 3.79. The van der Waals surface area contributed by atoms with Gasteiger partial charge in [-0.2, -0.15) is 0 Å². The smallest absolute Gasteiger partial charge is 0.275 e. The van der Waals surface area contributed by atoms with E-state index in [0.717, 1.165) is 19.0 Å². The molecule has 2 rings (SSSR count). The first-order chi connectivity index (χ1) is 10.1. The fourth-order valence-corrected chi connectivity index (χ4v) is 1.76. The van der Waals surface area contributed by atoms with Crippen molar-refractivity contribution < 1.29 is 9.18 Å². The monoisotopic (exact) mass is 308 g/mol. The van der Waals surface area contributed by atoms with E-state index in [4.69, 9.17) is 11.6 Å². The lowest BCUT2D eigenvalue weighted by atomic mass is 10.3. The van der Waals surface area contributed by atoms with Crippen molar-refractivity contribution in [3.63, 3.8) is 0 Å². The van der Waals surface area contributed by atoms with Crippen molar-refractivity contribution in [1.29, 1.82) is 0 Å². The van der Waals surface area contributed by atoms with Crippen LogP contribution >= 0.6 is 11.6 Å². The van der Waals surface area contributed by atoms with Gasteiger partial charge in [-0.1, -0.05) is 18.5 Å². The SMILES string of the molecule is CCCNc1cncc(C(=O)Nc2cc(F)ccc2Cl)n1. The lowest BCUT2D eigenvalue weighted by molar-refractivity contribution is 0.102. The number of carbonyl (C=O) groups is 1. The van der Waals surface area contributed by atoms with Crippen molar-refractivity contribution in [1.82, 2.24) is 9.97 Å². The van der Waals surface area contributed by atoms with E-state index < -0.39 is 11.7 Å². The molecule has 2 N–H and O–H groups in total. The number of hydrogen-bond donors (Lipinski definition) is 2. The van der Waals surface area contributed by atoms with E-state index in [9.17, 15) is 9.18 Å². The molecule has 21 heavy (non-hydrogen) atoms. The second-order valence-electron chi connectivity index (χ2n) is 4.29. The number of nitrogens with zero attached hydrogens (tertiary/aromatic N) is 2. The highest BCUT2D eigenvalue weighted by Crippen LogP contribution is 2.22. The first-order valence-corrected chi connectivity index (χ1v) is 6.80.